The van der Waals surface area contributed by atoms with Gasteiger partial charge in [-0.3, -0.25) is 9.59 Å². The second-order valence-corrected chi connectivity index (χ2v) is 7.59. The molecular formula is C18H19ClN2O4S. The normalized spacial score (nSPS) is 10.5. The summed E-state index contributed by atoms with van der Waals surface area (Å²) in [5, 5.41) is 5.39. The van der Waals surface area contributed by atoms with Crippen molar-refractivity contribution in [3.63, 3.8) is 0 Å². The van der Waals surface area contributed by atoms with E-state index in [1.165, 1.54) is 6.07 Å². The number of carbonyl (C=O) groups is 3. The number of ether oxygens (including phenoxy) is 1. The zero-order chi connectivity index (χ0) is 19.1. The molecule has 0 saturated carbocycles. The first-order chi connectivity index (χ1) is 12.4. The van der Waals surface area contributed by atoms with Crippen LogP contribution in [0.25, 0.3) is 0 Å². The van der Waals surface area contributed by atoms with Crippen LogP contribution in [0.5, 0.6) is 0 Å². The maximum absolute atomic E-state index is 12.2. The standard InChI is InChI=1S/C18H19ClN2O4S/c1-11(2)9-20-17(23)12-5-3-4-6-13(12)21-16(22)10-25-18(24)14-7-8-15(19)26-14/h3-8,11H,9-10H2,1-2H3,(H,20,23)(H,21,22). The number of hydrogen-bond donors (Lipinski definition) is 2. The predicted octanol–water partition coefficient (Wildman–Crippen LogP) is 3.58. The van der Waals surface area contributed by atoms with Crippen LogP contribution in [0.4, 0.5) is 5.69 Å². The maximum Gasteiger partial charge on any atom is 0.348 e. The molecule has 0 aliphatic rings. The number of esters is 1. The van der Waals surface area contributed by atoms with Crippen LogP contribution in [0.3, 0.4) is 0 Å². The largest absolute Gasteiger partial charge is 0.451 e. The van der Waals surface area contributed by atoms with Crippen LogP contribution in [-0.2, 0) is 9.53 Å². The number of anilines is 1. The summed E-state index contributed by atoms with van der Waals surface area (Å²) in [5.41, 5.74) is 0.701. The quantitative estimate of drug-likeness (QED) is 0.703. The van der Waals surface area contributed by atoms with Crippen molar-refractivity contribution in [2.45, 2.75) is 13.8 Å². The summed E-state index contributed by atoms with van der Waals surface area (Å²) in [5.74, 6) is -1.13. The zero-order valence-corrected chi connectivity index (χ0v) is 15.9. The molecule has 138 valence electrons. The van der Waals surface area contributed by atoms with Crippen LogP contribution in [0.15, 0.2) is 36.4 Å². The van der Waals surface area contributed by atoms with Gasteiger partial charge in [0.2, 0.25) is 0 Å². The fraction of sp³-hybridized carbons (Fsp3) is 0.278. The van der Waals surface area contributed by atoms with Crippen LogP contribution >= 0.6 is 22.9 Å². The molecule has 26 heavy (non-hydrogen) atoms. The molecule has 2 amide bonds. The molecule has 0 atom stereocenters. The lowest BCUT2D eigenvalue weighted by Gasteiger charge is -2.12. The van der Waals surface area contributed by atoms with Crippen LogP contribution in [0.1, 0.15) is 33.9 Å². The first-order valence-electron chi connectivity index (χ1n) is 7.96. The number of carbonyl (C=O) groups excluding carboxylic acids is 3. The number of halogens is 1. The Morgan fingerprint density at radius 3 is 2.54 bits per heavy atom. The lowest BCUT2D eigenvalue weighted by atomic mass is 10.1. The minimum atomic E-state index is -0.625. The molecule has 1 aromatic heterocycles. The van der Waals surface area contributed by atoms with Gasteiger partial charge in [0.05, 0.1) is 15.6 Å². The van der Waals surface area contributed by atoms with E-state index in [0.717, 1.165) is 11.3 Å². The summed E-state index contributed by atoms with van der Waals surface area (Å²) >= 11 is 6.83. The van der Waals surface area contributed by atoms with E-state index in [1.54, 1.807) is 30.3 Å². The Morgan fingerprint density at radius 1 is 1.15 bits per heavy atom. The van der Waals surface area contributed by atoms with Gasteiger partial charge in [0, 0.05) is 6.54 Å². The van der Waals surface area contributed by atoms with Crippen LogP contribution in [-0.4, -0.2) is 30.9 Å². The summed E-state index contributed by atoms with van der Waals surface area (Å²) in [4.78, 5) is 36.4. The Morgan fingerprint density at radius 2 is 1.88 bits per heavy atom. The molecule has 2 aromatic rings. The van der Waals surface area contributed by atoms with Gasteiger partial charge >= 0.3 is 5.97 Å². The number of hydrogen-bond acceptors (Lipinski definition) is 5. The average Bonchev–Trinajstić information content (AvgIpc) is 3.04. The van der Waals surface area contributed by atoms with Crippen LogP contribution in [0.2, 0.25) is 4.34 Å². The van der Waals surface area contributed by atoms with Gasteiger partial charge in [-0.15, -0.1) is 11.3 Å². The molecular weight excluding hydrogens is 376 g/mol. The summed E-state index contributed by atoms with van der Waals surface area (Å²) < 4.78 is 5.42. The minimum Gasteiger partial charge on any atom is -0.451 e. The monoisotopic (exact) mass is 394 g/mol. The van der Waals surface area contributed by atoms with E-state index in [9.17, 15) is 14.4 Å². The molecule has 0 aliphatic carbocycles. The van der Waals surface area contributed by atoms with Gasteiger partial charge in [-0.25, -0.2) is 4.79 Å². The fourth-order valence-electron chi connectivity index (χ4n) is 1.99. The van der Waals surface area contributed by atoms with Crippen molar-refractivity contribution in [2.24, 2.45) is 5.92 Å². The molecule has 0 saturated heterocycles. The highest BCUT2D eigenvalue weighted by Gasteiger charge is 2.15. The van der Waals surface area contributed by atoms with Crippen molar-refractivity contribution in [3.8, 4) is 0 Å². The van der Waals surface area contributed by atoms with E-state index in [1.807, 2.05) is 13.8 Å². The van der Waals surface area contributed by atoms with Gasteiger partial charge < -0.3 is 15.4 Å². The van der Waals surface area contributed by atoms with Crippen LogP contribution < -0.4 is 10.6 Å². The molecule has 2 N–H and O–H groups in total. The predicted molar refractivity (Wildman–Crippen MR) is 102 cm³/mol. The Kier molecular flexibility index (Phi) is 7.17. The smallest absolute Gasteiger partial charge is 0.348 e. The van der Waals surface area contributed by atoms with Gasteiger partial charge in [-0.2, -0.15) is 0 Å². The van der Waals surface area contributed by atoms with Crippen molar-refractivity contribution >= 4 is 46.4 Å². The summed E-state index contributed by atoms with van der Waals surface area (Å²) in [7, 11) is 0. The number of rotatable bonds is 7. The third-order valence-corrected chi connectivity index (χ3v) is 4.44. The fourth-order valence-corrected chi connectivity index (χ4v) is 2.93. The van der Waals surface area contributed by atoms with Gasteiger partial charge in [0.15, 0.2) is 6.61 Å². The third-order valence-electron chi connectivity index (χ3n) is 3.23. The SMILES string of the molecule is CC(C)CNC(=O)c1ccccc1NC(=O)COC(=O)c1ccc(Cl)s1. The highest BCUT2D eigenvalue weighted by Crippen LogP contribution is 2.22. The number of para-hydroxylation sites is 1. The molecule has 0 spiro atoms. The molecule has 8 heteroatoms. The number of benzene rings is 1. The van der Waals surface area contributed by atoms with Crippen molar-refractivity contribution in [3.05, 3.63) is 51.2 Å². The molecule has 0 unspecified atom stereocenters. The van der Waals surface area contributed by atoms with Gasteiger partial charge in [0.25, 0.3) is 11.8 Å². The summed E-state index contributed by atoms with van der Waals surface area (Å²) in [6.07, 6.45) is 0. The van der Waals surface area contributed by atoms with Crippen molar-refractivity contribution in [1.29, 1.82) is 0 Å². The number of thiophene rings is 1. The lowest BCUT2D eigenvalue weighted by Crippen LogP contribution is -2.29. The van der Waals surface area contributed by atoms with Crippen molar-refractivity contribution < 1.29 is 19.1 Å². The second-order valence-electron chi connectivity index (χ2n) is 5.88. The van der Waals surface area contributed by atoms with Gasteiger partial charge in [-0.05, 0) is 30.2 Å². The molecule has 0 fully saturated rings. The summed E-state index contributed by atoms with van der Waals surface area (Å²) in [6.45, 7) is 4.05. The highest BCUT2D eigenvalue weighted by molar-refractivity contribution is 7.17. The lowest BCUT2D eigenvalue weighted by molar-refractivity contribution is -0.119. The van der Waals surface area contributed by atoms with E-state index in [4.69, 9.17) is 16.3 Å². The number of nitrogens with one attached hydrogen (secondary N) is 2. The summed E-state index contributed by atoms with van der Waals surface area (Å²) in [6, 6.07) is 9.75. The molecule has 0 bridgehead atoms. The maximum atomic E-state index is 12.2. The van der Waals surface area contributed by atoms with Crippen molar-refractivity contribution in [1.82, 2.24) is 5.32 Å². The van der Waals surface area contributed by atoms with Crippen LogP contribution in [0, 0.1) is 5.92 Å². The molecule has 1 aromatic carbocycles. The minimum absolute atomic E-state index is 0.278. The van der Waals surface area contributed by atoms with E-state index in [-0.39, 0.29) is 5.91 Å². The first kappa shape index (κ1) is 19.9. The topological polar surface area (TPSA) is 84.5 Å². The van der Waals surface area contributed by atoms with Crippen molar-refractivity contribution in [2.75, 3.05) is 18.5 Å². The second kappa shape index (κ2) is 9.35. The Labute approximate surface area is 160 Å². The Balaban J connectivity index is 1.94. The van der Waals surface area contributed by atoms with Gasteiger partial charge in [-0.1, -0.05) is 37.6 Å². The zero-order valence-electron chi connectivity index (χ0n) is 14.4. The molecule has 0 radical (unpaired) electrons. The molecule has 2 rings (SSSR count). The van der Waals surface area contributed by atoms with Gasteiger partial charge in [0.1, 0.15) is 4.88 Å². The first-order valence-corrected chi connectivity index (χ1v) is 9.15. The molecule has 6 nitrogen and oxygen atoms in total. The Bertz CT molecular complexity index is 804. The van der Waals surface area contributed by atoms with E-state index < -0.39 is 18.5 Å². The number of amides is 2. The highest BCUT2D eigenvalue weighted by atomic mass is 35.5. The molecule has 0 aliphatic heterocycles. The third kappa shape index (κ3) is 5.86. The average molecular weight is 395 g/mol. The van der Waals surface area contributed by atoms with E-state index >= 15 is 0 Å². The Hall–Kier alpha value is -2.38. The van der Waals surface area contributed by atoms with E-state index in [2.05, 4.69) is 10.6 Å². The van der Waals surface area contributed by atoms with E-state index in [0.29, 0.717) is 32.9 Å². The molecule has 1 heterocycles.